The summed E-state index contributed by atoms with van der Waals surface area (Å²) in [6, 6.07) is 0. The molecular weight excluding hydrogens is 384 g/mol. The average molecular weight is 441 g/mol. The molecule has 3 nitrogen and oxygen atoms in total. The quantitative estimate of drug-likeness (QED) is 0.108. The highest BCUT2D eigenvalue weighted by Crippen LogP contribution is 2.15. The number of hydrogen-bond donors (Lipinski definition) is 1. The highest BCUT2D eigenvalue weighted by molar-refractivity contribution is 5.70. The Morgan fingerprint density at radius 3 is 1.00 bits per heavy atom. The zero-order chi connectivity index (χ0) is 22.7. The second-order valence-electron chi connectivity index (χ2n) is 9.51. The van der Waals surface area contributed by atoms with Gasteiger partial charge in [0.1, 0.15) is 6.61 Å². The lowest BCUT2D eigenvalue weighted by atomic mass is 10.0. The van der Waals surface area contributed by atoms with Crippen molar-refractivity contribution in [2.45, 2.75) is 161 Å². The predicted molar refractivity (Wildman–Crippen MR) is 135 cm³/mol. The molecule has 0 aromatic heterocycles. The second-order valence-corrected chi connectivity index (χ2v) is 9.51. The maximum absolute atomic E-state index is 10.8. The summed E-state index contributed by atoms with van der Waals surface area (Å²) in [5.41, 5.74) is 0. The molecule has 0 spiro atoms. The molecule has 0 rings (SSSR count). The molecule has 0 saturated heterocycles. The Morgan fingerprint density at radius 1 is 0.484 bits per heavy atom. The van der Waals surface area contributed by atoms with Gasteiger partial charge in [-0.05, 0) is 6.42 Å². The molecule has 0 atom stereocenters. The average Bonchev–Trinajstić information content (AvgIpc) is 2.78. The number of carbonyl (C=O) groups excluding carboxylic acids is 1. The maximum atomic E-state index is 10.8. The van der Waals surface area contributed by atoms with Gasteiger partial charge < -0.3 is 9.84 Å². The summed E-state index contributed by atoms with van der Waals surface area (Å²) in [6.07, 6.45) is 33.3. The molecule has 0 aliphatic heterocycles. The number of carbonyl (C=O) groups is 1. The van der Waals surface area contributed by atoms with Gasteiger partial charge in [0.05, 0.1) is 6.61 Å². The fraction of sp³-hybridized carbons (Fsp3) is 0.964. The molecule has 0 aliphatic rings. The van der Waals surface area contributed by atoms with Crippen molar-refractivity contribution < 1.29 is 14.6 Å². The molecule has 0 fully saturated rings. The normalized spacial score (nSPS) is 11.2. The molecule has 0 amide bonds. The van der Waals surface area contributed by atoms with Crippen LogP contribution in [0.25, 0.3) is 0 Å². The van der Waals surface area contributed by atoms with Crippen LogP contribution in [0.4, 0.5) is 0 Å². The predicted octanol–water partition coefficient (Wildman–Crippen LogP) is 8.90. The van der Waals surface area contributed by atoms with E-state index in [-0.39, 0.29) is 0 Å². The summed E-state index contributed by atoms with van der Waals surface area (Å²) in [5.74, 6) is -0.505. The van der Waals surface area contributed by atoms with Crippen LogP contribution in [0, 0.1) is 0 Å². The van der Waals surface area contributed by atoms with E-state index >= 15 is 0 Å². The topological polar surface area (TPSA) is 46.5 Å². The highest BCUT2D eigenvalue weighted by atomic mass is 16.5. The molecule has 0 radical (unpaired) electrons. The van der Waals surface area contributed by atoms with E-state index in [1.165, 1.54) is 141 Å². The smallest absolute Gasteiger partial charge is 0.331 e. The lowest BCUT2D eigenvalue weighted by Crippen LogP contribution is -2.09. The third kappa shape index (κ3) is 27.4. The van der Waals surface area contributed by atoms with Crippen LogP contribution in [0.5, 0.6) is 0 Å². The summed E-state index contributed by atoms with van der Waals surface area (Å²) in [6.45, 7) is 2.25. The molecule has 0 aromatic carbocycles. The molecule has 1 N–H and O–H groups in total. The van der Waals surface area contributed by atoms with Crippen LogP contribution in [0.15, 0.2) is 0 Å². The van der Waals surface area contributed by atoms with Gasteiger partial charge in [0.25, 0.3) is 0 Å². The van der Waals surface area contributed by atoms with Crippen molar-refractivity contribution in [3.63, 3.8) is 0 Å². The number of ether oxygens (including phenoxy) is 1. The Morgan fingerprint density at radius 2 is 0.742 bits per heavy atom. The minimum absolute atomic E-state index is 0.457. The van der Waals surface area contributed by atoms with Crippen LogP contribution in [0.3, 0.4) is 0 Å². The number of aliphatic hydroxyl groups excluding tert-OH is 1. The van der Waals surface area contributed by atoms with Gasteiger partial charge in [-0.2, -0.15) is 0 Å². The first kappa shape index (κ1) is 30.4. The Labute approximate surface area is 195 Å². The van der Waals surface area contributed by atoms with E-state index in [9.17, 15) is 4.79 Å². The number of unbranched alkanes of at least 4 members (excludes halogenated alkanes) is 23. The molecule has 0 saturated carbocycles. The van der Waals surface area contributed by atoms with Crippen molar-refractivity contribution >= 4 is 5.97 Å². The highest BCUT2D eigenvalue weighted by Gasteiger charge is 1.99. The summed E-state index contributed by atoms with van der Waals surface area (Å²) in [4.78, 5) is 10.8. The van der Waals surface area contributed by atoms with Crippen LogP contribution in [-0.4, -0.2) is 24.3 Å². The van der Waals surface area contributed by atoms with Gasteiger partial charge in [-0.1, -0.05) is 155 Å². The second kappa shape index (κ2) is 27.5. The van der Waals surface area contributed by atoms with Crippen molar-refractivity contribution in [3.8, 4) is 0 Å². The van der Waals surface area contributed by atoms with Crippen LogP contribution in [-0.2, 0) is 9.53 Å². The van der Waals surface area contributed by atoms with Crippen molar-refractivity contribution in [2.24, 2.45) is 0 Å². The summed E-state index contributed by atoms with van der Waals surface area (Å²) in [7, 11) is 0. The van der Waals surface area contributed by atoms with Gasteiger partial charge in [0, 0.05) is 0 Å². The van der Waals surface area contributed by atoms with E-state index in [0.717, 1.165) is 12.8 Å². The van der Waals surface area contributed by atoms with E-state index in [2.05, 4.69) is 6.92 Å². The summed E-state index contributed by atoms with van der Waals surface area (Å²) in [5, 5.41) is 8.55. The minimum Gasteiger partial charge on any atom is -0.464 e. The van der Waals surface area contributed by atoms with Crippen molar-refractivity contribution in [3.05, 3.63) is 0 Å². The standard InChI is InChI=1S/C28H56O3/c1-2-3-4-5-6-7-8-9-10-11-12-13-14-15-16-17-18-19-20-21-22-23-24-25-26-31-28(30)27-29/h29H,2-27H2,1H3. The molecule has 0 aromatic rings. The first-order valence-corrected chi connectivity index (χ1v) is 14.1. The van der Waals surface area contributed by atoms with Gasteiger partial charge in [-0.15, -0.1) is 0 Å². The number of esters is 1. The van der Waals surface area contributed by atoms with E-state index < -0.39 is 12.6 Å². The molecule has 0 heterocycles. The van der Waals surface area contributed by atoms with Crippen LogP contribution < -0.4 is 0 Å². The Bertz CT molecular complexity index is 343. The van der Waals surface area contributed by atoms with Crippen molar-refractivity contribution in [1.29, 1.82) is 0 Å². The molecule has 186 valence electrons. The molecule has 31 heavy (non-hydrogen) atoms. The SMILES string of the molecule is CCCCCCCCCCCCCCCCCCCCCCCCCCOC(=O)CO. The fourth-order valence-corrected chi connectivity index (χ4v) is 4.30. The van der Waals surface area contributed by atoms with Gasteiger partial charge >= 0.3 is 5.97 Å². The van der Waals surface area contributed by atoms with Crippen LogP contribution >= 0.6 is 0 Å². The van der Waals surface area contributed by atoms with Crippen LogP contribution in [0.1, 0.15) is 161 Å². The van der Waals surface area contributed by atoms with Crippen molar-refractivity contribution in [2.75, 3.05) is 13.2 Å². The first-order valence-electron chi connectivity index (χ1n) is 14.1. The third-order valence-corrected chi connectivity index (χ3v) is 6.39. The summed E-state index contributed by atoms with van der Waals surface area (Å²) < 4.78 is 4.85. The number of aliphatic hydroxyl groups is 1. The zero-order valence-electron chi connectivity index (χ0n) is 21.1. The molecule has 0 unspecified atom stereocenters. The Balaban J connectivity index is 3.01. The zero-order valence-corrected chi connectivity index (χ0v) is 21.1. The lowest BCUT2D eigenvalue weighted by molar-refractivity contribution is -0.147. The maximum Gasteiger partial charge on any atom is 0.331 e. The Hall–Kier alpha value is -0.570. The number of rotatable bonds is 26. The van der Waals surface area contributed by atoms with E-state index in [1.807, 2.05) is 0 Å². The van der Waals surface area contributed by atoms with E-state index in [0.29, 0.717) is 6.61 Å². The molecule has 0 aliphatic carbocycles. The van der Waals surface area contributed by atoms with Gasteiger partial charge in [-0.3, -0.25) is 0 Å². The van der Waals surface area contributed by atoms with Gasteiger partial charge in [0.15, 0.2) is 0 Å². The Kier molecular flexibility index (Phi) is 27.0. The van der Waals surface area contributed by atoms with Gasteiger partial charge in [-0.25, -0.2) is 4.79 Å². The third-order valence-electron chi connectivity index (χ3n) is 6.39. The molecular formula is C28H56O3. The summed E-state index contributed by atoms with van der Waals surface area (Å²) >= 11 is 0. The van der Waals surface area contributed by atoms with Crippen molar-refractivity contribution in [1.82, 2.24) is 0 Å². The molecule has 0 bridgehead atoms. The molecule has 3 heteroatoms. The largest absolute Gasteiger partial charge is 0.464 e. The minimum atomic E-state index is -0.505. The van der Waals surface area contributed by atoms with Crippen LogP contribution in [0.2, 0.25) is 0 Å². The van der Waals surface area contributed by atoms with E-state index in [4.69, 9.17) is 9.84 Å². The fourth-order valence-electron chi connectivity index (χ4n) is 4.30. The number of hydrogen-bond acceptors (Lipinski definition) is 3. The first-order chi connectivity index (χ1) is 15.3. The lowest BCUT2D eigenvalue weighted by Gasteiger charge is -2.04. The van der Waals surface area contributed by atoms with E-state index in [1.54, 1.807) is 0 Å². The van der Waals surface area contributed by atoms with Gasteiger partial charge in [0.2, 0.25) is 0 Å². The monoisotopic (exact) mass is 440 g/mol.